The smallest absolute Gasteiger partial charge is 0.275 e. The summed E-state index contributed by atoms with van der Waals surface area (Å²) in [7, 11) is 0. The number of rotatable bonds is 6. The summed E-state index contributed by atoms with van der Waals surface area (Å²) in [5.41, 5.74) is 5.43. The zero-order valence-electron chi connectivity index (χ0n) is 15.3. The van der Waals surface area contributed by atoms with Gasteiger partial charge in [-0.2, -0.15) is 5.10 Å². The Balaban J connectivity index is 1.53. The van der Waals surface area contributed by atoms with Gasteiger partial charge in [0.1, 0.15) is 23.9 Å². The number of amides is 1. The molecule has 1 amide bonds. The number of nitrogens with one attached hydrogen (secondary N) is 1. The molecule has 6 nitrogen and oxygen atoms in total. The van der Waals surface area contributed by atoms with Crippen molar-refractivity contribution in [2.75, 3.05) is 0 Å². The number of hydrazone groups is 1. The molecule has 3 aromatic rings. The quantitative estimate of drug-likeness (QED) is 0.451. The second kappa shape index (κ2) is 8.73. The summed E-state index contributed by atoms with van der Waals surface area (Å²) < 4.78 is 5.75. The molecular weight excluding hydrogens is 356 g/mol. The molecule has 0 saturated heterocycles. The van der Waals surface area contributed by atoms with Crippen LogP contribution in [0.25, 0.3) is 0 Å². The summed E-state index contributed by atoms with van der Waals surface area (Å²) >= 11 is 0. The van der Waals surface area contributed by atoms with Gasteiger partial charge in [-0.05, 0) is 54.4 Å². The van der Waals surface area contributed by atoms with Crippen molar-refractivity contribution in [3.05, 3.63) is 89.0 Å². The summed E-state index contributed by atoms with van der Waals surface area (Å²) in [6.07, 6.45) is 1.49. The van der Waals surface area contributed by atoms with Gasteiger partial charge in [0.25, 0.3) is 5.91 Å². The van der Waals surface area contributed by atoms with Crippen LogP contribution in [0.2, 0.25) is 0 Å². The number of hydrogen-bond acceptors (Lipinski definition) is 5. The Kier molecular flexibility index (Phi) is 5.91. The van der Waals surface area contributed by atoms with Crippen LogP contribution < -0.4 is 10.2 Å². The van der Waals surface area contributed by atoms with Gasteiger partial charge < -0.3 is 14.9 Å². The molecule has 0 saturated carbocycles. The summed E-state index contributed by atoms with van der Waals surface area (Å²) in [4.78, 5) is 12.0. The van der Waals surface area contributed by atoms with E-state index < -0.39 is 5.91 Å². The number of carbonyl (C=O) groups excluding carboxylic acids is 1. The number of phenols is 2. The Morgan fingerprint density at radius 2 is 1.75 bits per heavy atom. The van der Waals surface area contributed by atoms with Crippen LogP contribution in [0.4, 0.5) is 0 Å². The van der Waals surface area contributed by atoms with Gasteiger partial charge in [0.2, 0.25) is 0 Å². The Bertz CT molecular complexity index is 980. The van der Waals surface area contributed by atoms with Crippen LogP contribution in [0, 0.1) is 6.92 Å². The van der Waals surface area contributed by atoms with Crippen molar-refractivity contribution in [3.8, 4) is 17.2 Å². The van der Waals surface area contributed by atoms with E-state index in [4.69, 9.17) is 4.74 Å². The van der Waals surface area contributed by atoms with Crippen molar-refractivity contribution >= 4 is 12.1 Å². The second-order valence-corrected chi connectivity index (χ2v) is 6.24. The van der Waals surface area contributed by atoms with E-state index in [0.717, 1.165) is 22.9 Å². The van der Waals surface area contributed by atoms with Crippen LogP contribution in [-0.4, -0.2) is 22.3 Å². The van der Waals surface area contributed by atoms with E-state index in [2.05, 4.69) is 10.5 Å². The number of hydrogen-bond donors (Lipinski definition) is 3. The standard InChI is InChI=1S/C22H20N2O4/c1-15-2-4-17(5-3-15)14-28-19-9-6-16(7-10-19)13-23-24-22(27)20-11-8-18(25)12-21(20)26/h2-13,25-26H,14H2,1H3,(H,24,27)/b23-13+. The van der Waals surface area contributed by atoms with E-state index in [1.165, 1.54) is 23.9 Å². The highest BCUT2D eigenvalue weighted by Gasteiger charge is 2.10. The highest BCUT2D eigenvalue weighted by molar-refractivity contribution is 5.97. The first-order valence-electron chi connectivity index (χ1n) is 8.65. The average Bonchev–Trinajstić information content (AvgIpc) is 2.68. The minimum atomic E-state index is -0.577. The fourth-order valence-electron chi connectivity index (χ4n) is 2.44. The van der Waals surface area contributed by atoms with Gasteiger partial charge >= 0.3 is 0 Å². The molecule has 3 aromatic carbocycles. The Labute approximate surface area is 162 Å². The lowest BCUT2D eigenvalue weighted by atomic mass is 10.2. The molecule has 0 spiro atoms. The molecule has 3 rings (SSSR count). The highest BCUT2D eigenvalue weighted by Crippen LogP contribution is 2.22. The minimum absolute atomic E-state index is 0.0230. The normalized spacial score (nSPS) is 10.8. The molecule has 0 unspecified atom stereocenters. The largest absolute Gasteiger partial charge is 0.508 e. The summed E-state index contributed by atoms with van der Waals surface area (Å²) in [6, 6.07) is 19.2. The highest BCUT2D eigenvalue weighted by atomic mass is 16.5. The number of benzene rings is 3. The van der Waals surface area contributed by atoms with Crippen LogP contribution in [0.1, 0.15) is 27.0 Å². The first-order valence-corrected chi connectivity index (χ1v) is 8.65. The van der Waals surface area contributed by atoms with E-state index >= 15 is 0 Å². The van der Waals surface area contributed by atoms with E-state index in [1.54, 1.807) is 0 Å². The molecular formula is C22H20N2O4. The molecule has 0 aliphatic heterocycles. The summed E-state index contributed by atoms with van der Waals surface area (Å²) in [5, 5.41) is 22.8. The van der Waals surface area contributed by atoms with Crippen LogP contribution in [0.5, 0.6) is 17.2 Å². The lowest BCUT2D eigenvalue weighted by molar-refractivity contribution is 0.0952. The summed E-state index contributed by atoms with van der Waals surface area (Å²) in [5.74, 6) is -0.285. The fraction of sp³-hybridized carbons (Fsp3) is 0.0909. The molecule has 0 aromatic heterocycles. The van der Waals surface area contributed by atoms with E-state index in [9.17, 15) is 15.0 Å². The lowest BCUT2D eigenvalue weighted by Crippen LogP contribution is -2.17. The third kappa shape index (κ3) is 5.11. The lowest BCUT2D eigenvalue weighted by Gasteiger charge is -2.07. The van der Waals surface area contributed by atoms with E-state index in [1.807, 2.05) is 55.5 Å². The minimum Gasteiger partial charge on any atom is -0.508 e. The Morgan fingerprint density at radius 1 is 1.04 bits per heavy atom. The van der Waals surface area contributed by atoms with Crippen LogP contribution in [0.15, 0.2) is 71.8 Å². The maximum absolute atomic E-state index is 12.0. The predicted molar refractivity (Wildman–Crippen MR) is 107 cm³/mol. The summed E-state index contributed by atoms with van der Waals surface area (Å²) in [6.45, 7) is 2.53. The first-order chi connectivity index (χ1) is 13.5. The number of aryl methyl sites for hydroxylation is 1. The molecule has 0 atom stereocenters. The van der Waals surface area contributed by atoms with Crippen molar-refractivity contribution in [3.63, 3.8) is 0 Å². The number of aromatic hydroxyl groups is 2. The van der Waals surface area contributed by atoms with Gasteiger partial charge in [-0.15, -0.1) is 0 Å². The monoisotopic (exact) mass is 376 g/mol. The van der Waals surface area contributed by atoms with Gasteiger partial charge in [-0.3, -0.25) is 4.79 Å². The number of carbonyl (C=O) groups is 1. The maximum atomic E-state index is 12.0. The third-order valence-electron chi connectivity index (χ3n) is 4.01. The molecule has 0 heterocycles. The molecule has 6 heteroatoms. The first kappa shape index (κ1) is 19.0. The van der Waals surface area contributed by atoms with Gasteiger partial charge in [-0.1, -0.05) is 29.8 Å². The average molecular weight is 376 g/mol. The van der Waals surface area contributed by atoms with E-state index in [0.29, 0.717) is 6.61 Å². The molecule has 142 valence electrons. The van der Waals surface area contributed by atoms with E-state index in [-0.39, 0.29) is 17.1 Å². The second-order valence-electron chi connectivity index (χ2n) is 6.24. The van der Waals surface area contributed by atoms with Crippen LogP contribution in [0.3, 0.4) is 0 Å². The SMILES string of the molecule is Cc1ccc(COc2ccc(/C=N/NC(=O)c3ccc(O)cc3O)cc2)cc1. The zero-order chi connectivity index (χ0) is 19.9. The zero-order valence-corrected chi connectivity index (χ0v) is 15.3. The Hall–Kier alpha value is -3.80. The van der Waals surface area contributed by atoms with Crippen molar-refractivity contribution < 1.29 is 19.7 Å². The predicted octanol–water partition coefficient (Wildman–Crippen LogP) is 3.75. The number of phenolic OH excluding ortho intramolecular Hbond substituents is 2. The van der Waals surface area contributed by atoms with Crippen LogP contribution in [-0.2, 0) is 6.61 Å². The van der Waals surface area contributed by atoms with Crippen molar-refractivity contribution in [2.45, 2.75) is 13.5 Å². The van der Waals surface area contributed by atoms with Gasteiger partial charge in [0.15, 0.2) is 0 Å². The third-order valence-corrected chi connectivity index (χ3v) is 4.01. The van der Waals surface area contributed by atoms with Gasteiger partial charge in [-0.25, -0.2) is 5.43 Å². The molecule has 0 fully saturated rings. The number of ether oxygens (including phenoxy) is 1. The van der Waals surface area contributed by atoms with Gasteiger partial charge in [0.05, 0.1) is 11.8 Å². The molecule has 0 aliphatic carbocycles. The molecule has 28 heavy (non-hydrogen) atoms. The van der Waals surface area contributed by atoms with Gasteiger partial charge in [0, 0.05) is 6.07 Å². The number of nitrogens with zero attached hydrogens (tertiary/aromatic N) is 1. The maximum Gasteiger partial charge on any atom is 0.275 e. The van der Waals surface area contributed by atoms with Crippen molar-refractivity contribution in [1.82, 2.24) is 5.43 Å². The van der Waals surface area contributed by atoms with Crippen LogP contribution >= 0.6 is 0 Å². The fourth-order valence-corrected chi connectivity index (χ4v) is 2.44. The molecule has 3 N–H and O–H groups in total. The Morgan fingerprint density at radius 3 is 2.43 bits per heavy atom. The van der Waals surface area contributed by atoms with Crippen molar-refractivity contribution in [2.24, 2.45) is 5.10 Å². The molecule has 0 radical (unpaired) electrons. The molecule has 0 aliphatic rings. The molecule has 0 bridgehead atoms. The topological polar surface area (TPSA) is 91.2 Å². The van der Waals surface area contributed by atoms with Crippen molar-refractivity contribution in [1.29, 1.82) is 0 Å².